The molecule has 2 heterocycles. The van der Waals surface area contributed by atoms with Crippen LogP contribution in [-0.4, -0.2) is 34.6 Å². The lowest BCUT2D eigenvalue weighted by Crippen LogP contribution is -2.28. The molecule has 0 spiro atoms. The van der Waals surface area contributed by atoms with Crippen molar-refractivity contribution in [3.05, 3.63) is 75.7 Å². The van der Waals surface area contributed by atoms with E-state index < -0.39 is 17.8 Å². The van der Waals surface area contributed by atoms with Crippen LogP contribution in [0, 0.1) is 5.82 Å². The number of benzene rings is 2. The second-order valence-electron chi connectivity index (χ2n) is 6.78. The number of halogens is 3. The highest BCUT2D eigenvalue weighted by Crippen LogP contribution is 2.26. The Labute approximate surface area is 187 Å². The van der Waals surface area contributed by atoms with Gasteiger partial charge in [-0.1, -0.05) is 46.6 Å². The Bertz CT molecular complexity index is 1170. The zero-order valence-electron chi connectivity index (χ0n) is 16.3. The monoisotopic (exact) mass is 462 g/mol. The van der Waals surface area contributed by atoms with E-state index in [1.807, 2.05) is 24.3 Å². The standard InChI is InChI=1S/C21H17Cl2FN4O3/c1-30-18-5-3-2-4-14(18)17-9-19(31-27-17)21(29)25-20-16(23)11-28(26-20)10-12-6-7-13(24)8-15(12)22/h2-8,11,19H,9-10H2,1H3,(H,25,26,29). The topological polar surface area (TPSA) is 77.7 Å². The third kappa shape index (κ3) is 4.65. The Morgan fingerprint density at radius 2 is 2.10 bits per heavy atom. The van der Waals surface area contributed by atoms with Crippen LogP contribution in [0.25, 0.3) is 0 Å². The van der Waals surface area contributed by atoms with Crippen LogP contribution in [0.15, 0.2) is 53.8 Å². The SMILES string of the molecule is COc1ccccc1C1=NOC(C(=O)Nc2nn(Cc3ccc(F)cc3Cl)cc2Cl)C1. The molecule has 1 amide bonds. The quantitative estimate of drug-likeness (QED) is 0.584. The zero-order valence-corrected chi connectivity index (χ0v) is 17.8. The van der Waals surface area contributed by atoms with Crippen molar-refractivity contribution in [3.8, 4) is 5.75 Å². The van der Waals surface area contributed by atoms with Gasteiger partial charge in [0.2, 0.25) is 6.10 Å². The normalized spacial score (nSPS) is 15.4. The van der Waals surface area contributed by atoms with Gasteiger partial charge in [0.25, 0.3) is 5.91 Å². The molecule has 4 rings (SSSR count). The van der Waals surface area contributed by atoms with E-state index in [1.54, 1.807) is 19.4 Å². The van der Waals surface area contributed by atoms with Gasteiger partial charge in [-0.2, -0.15) is 5.10 Å². The molecule has 0 fully saturated rings. The average molecular weight is 463 g/mol. The molecule has 1 aromatic heterocycles. The first-order valence-corrected chi connectivity index (χ1v) is 10.0. The van der Waals surface area contributed by atoms with Gasteiger partial charge in [0, 0.05) is 23.2 Å². The van der Waals surface area contributed by atoms with Gasteiger partial charge in [0.1, 0.15) is 16.6 Å². The van der Waals surface area contributed by atoms with Crippen LogP contribution >= 0.6 is 23.2 Å². The second kappa shape index (κ2) is 8.95. The lowest BCUT2D eigenvalue weighted by molar-refractivity contribution is -0.125. The summed E-state index contributed by atoms with van der Waals surface area (Å²) >= 11 is 12.3. The fourth-order valence-electron chi connectivity index (χ4n) is 3.14. The van der Waals surface area contributed by atoms with E-state index in [1.165, 1.54) is 16.8 Å². The maximum atomic E-state index is 13.2. The van der Waals surface area contributed by atoms with Gasteiger partial charge >= 0.3 is 0 Å². The molecule has 0 bridgehead atoms. The van der Waals surface area contributed by atoms with Gasteiger partial charge in [-0.25, -0.2) is 4.39 Å². The van der Waals surface area contributed by atoms with Crippen LogP contribution in [0.2, 0.25) is 10.0 Å². The van der Waals surface area contributed by atoms with Gasteiger partial charge in [0.15, 0.2) is 5.82 Å². The number of rotatable bonds is 6. The summed E-state index contributed by atoms with van der Waals surface area (Å²) in [6, 6.07) is 11.5. The number of hydrogen-bond acceptors (Lipinski definition) is 5. The number of para-hydroxylation sites is 1. The molecule has 1 aliphatic heterocycles. The zero-order chi connectivity index (χ0) is 22.0. The minimum absolute atomic E-state index is 0.180. The number of carbonyl (C=O) groups is 1. The van der Waals surface area contributed by atoms with Crippen LogP contribution in [0.1, 0.15) is 17.5 Å². The molecule has 0 saturated heterocycles. The van der Waals surface area contributed by atoms with Crippen molar-refractivity contribution in [2.24, 2.45) is 5.16 Å². The van der Waals surface area contributed by atoms with Crippen LogP contribution in [0.5, 0.6) is 5.75 Å². The van der Waals surface area contributed by atoms with Gasteiger partial charge in [-0.3, -0.25) is 9.48 Å². The number of oxime groups is 1. The fourth-order valence-corrected chi connectivity index (χ4v) is 3.57. The van der Waals surface area contributed by atoms with Crippen LogP contribution in [0.4, 0.5) is 10.2 Å². The summed E-state index contributed by atoms with van der Waals surface area (Å²) < 4.78 is 20.1. The van der Waals surface area contributed by atoms with Crippen LogP contribution in [-0.2, 0) is 16.2 Å². The Balaban J connectivity index is 1.41. The number of carbonyl (C=O) groups excluding carboxylic acids is 1. The van der Waals surface area contributed by atoms with Gasteiger partial charge < -0.3 is 14.9 Å². The van der Waals surface area contributed by atoms with Gasteiger partial charge in [-0.05, 0) is 29.8 Å². The van der Waals surface area contributed by atoms with Crippen molar-refractivity contribution in [3.63, 3.8) is 0 Å². The van der Waals surface area contributed by atoms with E-state index in [0.29, 0.717) is 17.0 Å². The summed E-state index contributed by atoms with van der Waals surface area (Å²) in [6.07, 6.45) is 0.992. The highest BCUT2D eigenvalue weighted by molar-refractivity contribution is 6.33. The van der Waals surface area contributed by atoms with Gasteiger partial charge in [0.05, 0.1) is 19.4 Å². The van der Waals surface area contributed by atoms with Crippen molar-refractivity contribution in [2.75, 3.05) is 12.4 Å². The summed E-state index contributed by atoms with van der Waals surface area (Å²) in [5, 5.41) is 11.5. The summed E-state index contributed by atoms with van der Waals surface area (Å²) in [5.74, 6) is -0.0292. The first-order chi connectivity index (χ1) is 14.9. The number of hydrogen-bond donors (Lipinski definition) is 1. The van der Waals surface area contributed by atoms with E-state index >= 15 is 0 Å². The van der Waals surface area contributed by atoms with Crippen LogP contribution in [0.3, 0.4) is 0 Å². The van der Waals surface area contributed by atoms with E-state index in [9.17, 15) is 9.18 Å². The molecule has 1 atom stereocenters. The van der Waals surface area contributed by atoms with Gasteiger partial charge in [-0.15, -0.1) is 0 Å². The molecule has 160 valence electrons. The lowest BCUT2D eigenvalue weighted by Gasteiger charge is -2.09. The number of aromatic nitrogens is 2. The van der Waals surface area contributed by atoms with E-state index in [2.05, 4.69) is 15.6 Å². The average Bonchev–Trinajstić information content (AvgIpc) is 3.37. The predicted octanol–water partition coefficient (Wildman–Crippen LogP) is 4.52. The maximum absolute atomic E-state index is 13.2. The minimum Gasteiger partial charge on any atom is -0.496 e. The number of anilines is 1. The summed E-state index contributed by atoms with van der Waals surface area (Å²) in [7, 11) is 1.57. The number of amides is 1. The van der Waals surface area contributed by atoms with E-state index in [4.69, 9.17) is 32.8 Å². The second-order valence-corrected chi connectivity index (χ2v) is 7.60. The number of nitrogens with one attached hydrogen (secondary N) is 1. The largest absolute Gasteiger partial charge is 0.496 e. The summed E-state index contributed by atoms with van der Waals surface area (Å²) in [5.41, 5.74) is 2.04. The third-order valence-electron chi connectivity index (χ3n) is 4.69. The molecule has 1 N–H and O–H groups in total. The molecule has 7 nitrogen and oxygen atoms in total. The Morgan fingerprint density at radius 3 is 2.87 bits per heavy atom. The molecule has 0 saturated carbocycles. The summed E-state index contributed by atoms with van der Waals surface area (Å²) in [6.45, 7) is 0.260. The first kappa shape index (κ1) is 21.1. The predicted molar refractivity (Wildman–Crippen MR) is 115 cm³/mol. The van der Waals surface area contributed by atoms with Crippen molar-refractivity contribution in [1.82, 2.24) is 9.78 Å². The molecular formula is C21H17Cl2FN4O3. The molecule has 3 aromatic rings. The van der Waals surface area contributed by atoms with Crippen molar-refractivity contribution >= 4 is 40.6 Å². The van der Waals surface area contributed by atoms with E-state index in [0.717, 1.165) is 5.56 Å². The smallest absolute Gasteiger partial charge is 0.269 e. The van der Waals surface area contributed by atoms with E-state index in [-0.39, 0.29) is 28.8 Å². The Kier molecular flexibility index (Phi) is 6.11. The highest BCUT2D eigenvalue weighted by Gasteiger charge is 2.31. The fraction of sp³-hybridized carbons (Fsp3) is 0.190. The lowest BCUT2D eigenvalue weighted by atomic mass is 10.0. The molecule has 0 aliphatic carbocycles. The Hall–Kier alpha value is -3.10. The molecule has 10 heteroatoms. The number of ether oxygens (including phenoxy) is 1. The number of methoxy groups -OCH3 is 1. The third-order valence-corrected chi connectivity index (χ3v) is 5.31. The minimum atomic E-state index is -0.826. The Morgan fingerprint density at radius 1 is 1.29 bits per heavy atom. The van der Waals surface area contributed by atoms with Crippen molar-refractivity contribution in [1.29, 1.82) is 0 Å². The van der Waals surface area contributed by atoms with Crippen molar-refractivity contribution in [2.45, 2.75) is 19.1 Å². The molecular weight excluding hydrogens is 446 g/mol. The molecule has 31 heavy (non-hydrogen) atoms. The molecule has 1 unspecified atom stereocenters. The number of nitrogens with zero attached hydrogens (tertiary/aromatic N) is 3. The molecule has 0 radical (unpaired) electrons. The summed E-state index contributed by atoms with van der Waals surface area (Å²) in [4.78, 5) is 18.0. The maximum Gasteiger partial charge on any atom is 0.269 e. The molecule has 2 aromatic carbocycles. The highest BCUT2D eigenvalue weighted by atomic mass is 35.5. The van der Waals surface area contributed by atoms with Crippen molar-refractivity contribution < 1.29 is 18.8 Å². The van der Waals surface area contributed by atoms with Crippen LogP contribution < -0.4 is 10.1 Å². The molecule has 1 aliphatic rings. The first-order valence-electron chi connectivity index (χ1n) is 9.28.